The minimum Gasteiger partial charge on any atom is -0.495 e. The number of aryl methyl sites for hydroxylation is 1. The monoisotopic (exact) mass is 453 g/mol. The molecule has 0 aliphatic carbocycles. The molecular weight excluding hydrogens is 426 g/mol. The van der Waals surface area contributed by atoms with Gasteiger partial charge in [-0.2, -0.15) is 4.31 Å². The number of nitrogens with one attached hydrogen (secondary N) is 1. The van der Waals surface area contributed by atoms with E-state index in [9.17, 15) is 16.8 Å². The van der Waals surface area contributed by atoms with Crippen molar-refractivity contribution in [2.75, 3.05) is 40.3 Å². The molecule has 0 saturated carbocycles. The normalized spacial score (nSPS) is 16.5. The zero-order valence-corrected chi connectivity index (χ0v) is 19.0. The fraction of sp³-hybridized carbons (Fsp3) is 0.400. The van der Waals surface area contributed by atoms with Gasteiger partial charge in [-0.05, 0) is 49.4 Å². The number of sulfonamides is 2. The minimum atomic E-state index is -3.79. The molecule has 0 unspecified atom stereocenters. The molecule has 0 radical (unpaired) electrons. The predicted octanol–water partition coefficient (Wildman–Crippen LogP) is 1.42. The average Bonchev–Trinajstić information content (AvgIpc) is 2.73. The van der Waals surface area contributed by atoms with Gasteiger partial charge in [0.05, 0.1) is 12.0 Å². The second kappa shape index (κ2) is 9.03. The maximum absolute atomic E-state index is 12.8. The predicted molar refractivity (Wildman–Crippen MR) is 114 cm³/mol. The van der Waals surface area contributed by atoms with Gasteiger partial charge in [0.2, 0.25) is 20.0 Å². The van der Waals surface area contributed by atoms with Gasteiger partial charge in [0.15, 0.2) is 0 Å². The Morgan fingerprint density at radius 1 is 0.967 bits per heavy atom. The molecule has 1 N–H and O–H groups in total. The zero-order valence-electron chi connectivity index (χ0n) is 17.3. The van der Waals surface area contributed by atoms with Crippen LogP contribution in [0.1, 0.15) is 11.1 Å². The van der Waals surface area contributed by atoms with Crippen LogP contribution in [0.25, 0.3) is 0 Å². The summed E-state index contributed by atoms with van der Waals surface area (Å²) in [4.78, 5) is 2.36. The third-order valence-corrected chi connectivity index (χ3v) is 8.43. The van der Waals surface area contributed by atoms with Gasteiger partial charge in [-0.1, -0.05) is 18.2 Å². The van der Waals surface area contributed by atoms with E-state index in [1.807, 2.05) is 7.05 Å². The first-order valence-corrected chi connectivity index (χ1v) is 12.5. The highest BCUT2D eigenvalue weighted by Gasteiger charge is 2.27. The summed E-state index contributed by atoms with van der Waals surface area (Å²) in [6.07, 6.45) is 0. The van der Waals surface area contributed by atoms with Gasteiger partial charge < -0.3 is 9.64 Å². The van der Waals surface area contributed by atoms with E-state index in [0.29, 0.717) is 31.7 Å². The summed E-state index contributed by atoms with van der Waals surface area (Å²) in [5.74, 6) is 0.265. The summed E-state index contributed by atoms with van der Waals surface area (Å²) in [5, 5.41) is 0. The molecule has 0 atom stereocenters. The molecule has 2 aromatic rings. The molecular formula is C20H27N3O5S2. The maximum Gasteiger partial charge on any atom is 0.244 e. The van der Waals surface area contributed by atoms with Gasteiger partial charge in [-0.3, -0.25) is 0 Å². The van der Waals surface area contributed by atoms with E-state index in [0.717, 1.165) is 5.56 Å². The Morgan fingerprint density at radius 3 is 2.20 bits per heavy atom. The number of methoxy groups -OCH3 is 1. The van der Waals surface area contributed by atoms with Crippen LogP contribution in [0.3, 0.4) is 0 Å². The lowest BCUT2D eigenvalue weighted by Crippen LogP contribution is -2.47. The van der Waals surface area contributed by atoms with Crippen molar-refractivity contribution in [3.05, 3.63) is 53.6 Å². The Bertz CT molecular complexity index is 1090. The molecule has 8 nitrogen and oxygen atoms in total. The molecule has 1 saturated heterocycles. The van der Waals surface area contributed by atoms with Crippen molar-refractivity contribution in [2.24, 2.45) is 0 Å². The Hall–Kier alpha value is -1.98. The molecule has 164 valence electrons. The quantitative estimate of drug-likeness (QED) is 0.681. The third kappa shape index (κ3) is 5.01. The van der Waals surface area contributed by atoms with E-state index in [4.69, 9.17) is 4.74 Å². The highest BCUT2D eigenvalue weighted by atomic mass is 32.2. The lowest BCUT2D eigenvalue weighted by molar-refractivity contribution is 0.222. The molecule has 3 rings (SSSR count). The Balaban J connectivity index is 1.71. The van der Waals surface area contributed by atoms with E-state index in [-0.39, 0.29) is 22.1 Å². The summed E-state index contributed by atoms with van der Waals surface area (Å²) in [7, 11) is -3.96. The molecule has 0 aromatic heterocycles. The summed E-state index contributed by atoms with van der Waals surface area (Å²) < 4.78 is 60.2. The number of hydrogen-bond acceptors (Lipinski definition) is 6. The Kier molecular flexibility index (Phi) is 6.83. The second-order valence-electron chi connectivity index (χ2n) is 7.33. The maximum atomic E-state index is 12.8. The zero-order chi connectivity index (χ0) is 21.9. The first kappa shape index (κ1) is 22.7. The lowest BCUT2D eigenvalue weighted by Gasteiger charge is -2.31. The van der Waals surface area contributed by atoms with Gasteiger partial charge in [-0.15, -0.1) is 0 Å². The van der Waals surface area contributed by atoms with Gasteiger partial charge in [0.1, 0.15) is 10.6 Å². The highest BCUT2D eigenvalue weighted by Crippen LogP contribution is 2.25. The molecule has 0 bridgehead atoms. The Labute approximate surface area is 178 Å². The van der Waals surface area contributed by atoms with E-state index in [1.54, 1.807) is 37.3 Å². The Morgan fingerprint density at radius 2 is 1.60 bits per heavy atom. The van der Waals surface area contributed by atoms with E-state index in [1.165, 1.54) is 23.5 Å². The van der Waals surface area contributed by atoms with Crippen LogP contribution in [0.2, 0.25) is 0 Å². The molecule has 0 spiro atoms. The largest absolute Gasteiger partial charge is 0.495 e. The smallest absolute Gasteiger partial charge is 0.244 e. The molecule has 2 aromatic carbocycles. The summed E-state index contributed by atoms with van der Waals surface area (Å²) in [6.45, 7) is 4.15. The van der Waals surface area contributed by atoms with Crippen molar-refractivity contribution in [1.29, 1.82) is 0 Å². The second-order valence-corrected chi connectivity index (χ2v) is 11.0. The van der Waals surface area contributed by atoms with Crippen LogP contribution in [0.15, 0.2) is 52.3 Å². The van der Waals surface area contributed by atoms with Crippen molar-refractivity contribution in [3.8, 4) is 5.75 Å². The number of nitrogens with zero attached hydrogens (tertiary/aromatic N) is 2. The average molecular weight is 454 g/mol. The van der Waals surface area contributed by atoms with Crippen molar-refractivity contribution >= 4 is 20.0 Å². The molecule has 1 aliphatic heterocycles. The molecule has 30 heavy (non-hydrogen) atoms. The van der Waals surface area contributed by atoms with Gasteiger partial charge in [0.25, 0.3) is 0 Å². The topological polar surface area (TPSA) is 96.0 Å². The van der Waals surface area contributed by atoms with E-state index < -0.39 is 20.0 Å². The van der Waals surface area contributed by atoms with Crippen LogP contribution in [0.5, 0.6) is 5.75 Å². The van der Waals surface area contributed by atoms with E-state index in [2.05, 4.69) is 9.62 Å². The number of ether oxygens (including phenoxy) is 1. The number of benzene rings is 2. The van der Waals surface area contributed by atoms with Crippen LogP contribution in [0, 0.1) is 6.92 Å². The highest BCUT2D eigenvalue weighted by molar-refractivity contribution is 7.89. The number of piperazine rings is 1. The van der Waals surface area contributed by atoms with Crippen LogP contribution < -0.4 is 9.46 Å². The van der Waals surface area contributed by atoms with Gasteiger partial charge in [-0.25, -0.2) is 21.6 Å². The molecule has 1 heterocycles. The lowest BCUT2D eigenvalue weighted by atomic mass is 10.2. The fourth-order valence-electron chi connectivity index (χ4n) is 3.21. The van der Waals surface area contributed by atoms with Crippen LogP contribution >= 0.6 is 0 Å². The van der Waals surface area contributed by atoms with Crippen LogP contribution in [-0.4, -0.2) is 66.4 Å². The SMILES string of the molecule is COc1ccc(C)cc1S(=O)(=O)NCc1ccc(S(=O)(=O)N2CCN(C)CC2)cc1. The molecule has 1 aliphatic rings. The van der Waals surface area contributed by atoms with Crippen LogP contribution in [-0.2, 0) is 26.6 Å². The van der Waals surface area contributed by atoms with E-state index >= 15 is 0 Å². The fourth-order valence-corrected chi connectivity index (χ4v) is 5.90. The van der Waals surface area contributed by atoms with Crippen LogP contribution in [0.4, 0.5) is 0 Å². The first-order valence-electron chi connectivity index (χ1n) is 9.55. The third-order valence-electron chi connectivity index (χ3n) is 5.10. The number of hydrogen-bond donors (Lipinski definition) is 1. The molecule has 1 fully saturated rings. The summed E-state index contributed by atoms with van der Waals surface area (Å²) >= 11 is 0. The molecule has 10 heteroatoms. The number of likely N-dealkylation sites (N-methyl/N-ethyl adjacent to an activating group) is 1. The standard InChI is InChI=1S/C20H27N3O5S2/c1-16-4-9-19(28-3)20(14-16)29(24,25)21-15-17-5-7-18(8-6-17)30(26,27)23-12-10-22(2)11-13-23/h4-9,14,21H,10-13,15H2,1-3H3. The van der Waals surface area contributed by atoms with Crippen molar-refractivity contribution in [1.82, 2.24) is 13.9 Å². The molecule has 0 amide bonds. The van der Waals surface area contributed by atoms with Crippen molar-refractivity contribution < 1.29 is 21.6 Å². The van der Waals surface area contributed by atoms with Gasteiger partial charge >= 0.3 is 0 Å². The van der Waals surface area contributed by atoms with Crippen molar-refractivity contribution in [3.63, 3.8) is 0 Å². The first-order chi connectivity index (χ1) is 14.1. The van der Waals surface area contributed by atoms with Crippen molar-refractivity contribution in [2.45, 2.75) is 23.3 Å². The summed E-state index contributed by atoms with van der Waals surface area (Å²) in [6, 6.07) is 11.2. The minimum absolute atomic E-state index is 0.0360. The van der Waals surface area contributed by atoms with Gasteiger partial charge in [0, 0.05) is 32.7 Å². The summed E-state index contributed by atoms with van der Waals surface area (Å²) in [5.41, 5.74) is 1.46. The number of rotatable bonds is 7.